The van der Waals surface area contributed by atoms with Gasteiger partial charge in [0.25, 0.3) is 0 Å². The van der Waals surface area contributed by atoms with Crippen LogP contribution in [-0.4, -0.2) is 22.3 Å². The molecular formula is C14H17ClN4O2. The molecule has 2 rings (SSSR count). The number of hydrogen-bond donors (Lipinski definition) is 3. The Morgan fingerprint density at radius 1 is 1.38 bits per heavy atom. The van der Waals surface area contributed by atoms with E-state index in [4.69, 9.17) is 16.3 Å². The van der Waals surface area contributed by atoms with Crippen molar-refractivity contribution in [3.63, 3.8) is 0 Å². The third-order valence-electron chi connectivity index (χ3n) is 2.64. The van der Waals surface area contributed by atoms with Crippen LogP contribution in [0.15, 0.2) is 24.4 Å². The Kier molecular flexibility index (Phi) is 4.70. The number of rotatable bonds is 4. The normalized spacial score (nSPS) is 10.5. The Balaban J connectivity index is 2.13. The molecule has 0 atom stereocenters. The second-order valence-electron chi connectivity index (χ2n) is 4.79. The van der Waals surface area contributed by atoms with Crippen molar-refractivity contribution >= 4 is 29.1 Å². The highest BCUT2D eigenvalue weighted by Crippen LogP contribution is 2.33. The van der Waals surface area contributed by atoms with E-state index in [0.29, 0.717) is 22.3 Å². The van der Waals surface area contributed by atoms with Gasteiger partial charge < -0.3 is 10.1 Å². The monoisotopic (exact) mass is 308 g/mol. The number of hydrogen-bond acceptors (Lipinski definition) is 3. The van der Waals surface area contributed by atoms with Gasteiger partial charge in [-0.1, -0.05) is 17.7 Å². The topological polar surface area (TPSA) is 79.0 Å². The van der Waals surface area contributed by atoms with Crippen molar-refractivity contribution in [1.29, 1.82) is 0 Å². The molecule has 3 N–H and O–H groups in total. The Hall–Kier alpha value is -2.21. The number of halogens is 1. The first kappa shape index (κ1) is 15.2. The summed E-state index contributed by atoms with van der Waals surface area (Å²) in [7, 11) is 0. The van der Waals surface area contributed by atoms with Gasteiger partial charge in [0.15, 0.2) is 5.75 Å². The number of anilines is 2. The summed E-state index contributed by atoms with van der Waals surface area (Å²) < 4.78 is 5.64. The van der Waals surface area contributed by atoms with Crippen molar-refractivity contribution in [2.24, 2.45) is 0 Å². The molecule has 112 valence electrons. The van der Waals surface area contributed by atoms with Crippen LogP contribution in [0.1, 0.15) is 19.4 Å². The Morgan fingerprint density at radius 2 is 2.14 bits per heavy atom. The summed E-state index contributed by atoms with van der Waals surface area (Å²) in [5, 5.41) is 12.4. The fourth-order valence-electron chi connectivity index (χ4n) is 1.70. The van der Waals surface area contributed by atoms with Crippen LogP contribution in [-0.2, 0) is 0 Å². The zero-order valence-electron chi connectivity index (χ0n) is 12.0. The second-order valence-corrected chi connectivity index (χ2v) is 5.20. The van der Waals surface area contributed by atoms with Crippen LogP contribution in [0.3, 0.4) is 0 Å². The number of urea groups is 1. The van der Waals surface area contributed by atoms with Crippen molar-refractivity contribution in [1.82, 2.24) is 10.2 Å². The average molecular weight is 309 g/mol. The molecule has 2 aromatic rings. The molecule has 2 amide bonds. The minimum absolute atomic E-state index is 0.0524. The van der Waals surface area contributed by atoms with Crippen molar-refractivity contribution in [2.75, 3.05) is 10.6 Å². The van der Waals surface area contributed by atoms with E-state index in [1.807, 2.05) is 20.8 Å². The number of amides is 2. The molecular weight excluding hydrogens is 292 g/mol. The number of ether oxygens (including phenoxy) is 1. The van der Waals surface area contributed by atoms with Gasteiger partial charge in [-0.05, 0) is 32.9 Å². The summed E-state index contributed by atoms with van der Waals surface area (Å²) >= 11 is 6.11. The quantitative estimate of drug-likeness (QED) is 0.803. The fourth-order valence-corrected chi connectivity index (χ4v) is 1.92. The SMILES string of the molecule is Cc1cn[nH]c1NC(=O)Nc1cccc(Cl)c1OC(C)C. The fraction of sp³-hybridized carbons (Fsp3) is 0.286. The van der Waals surface area contributed by atoms with Gasteiger partial charge in [-0.15, -0.1) is 0 Å². The first-order valence-electron chi connectivity index (χ1n) is 6.50. The number of para-hydroxylation sites is 1. The summed E-state index contributed by atoms with van der Waals surface area (Å²) in [6.07, 6.45) is 1.57. The Labute approximate surface area is 127 Å². The summed E-state index contributed by atoms with van der Waals surface area (Å²) in [6, 6.07) is 4.77. The lowest BCUT2D eigenvalue weighted by Gasteiger charge is -2.16. The molecule has 1 aromatic carbocycles. The van der Waals surface area contributed by atoms with Gasteiger partial charge in [0.1, 0.15) is 5.82 Å². The van der Waals surface area contributed by atoms with E-state index < -0.39 is 6.03 Å². The van der Waals surface area contributed by atoms with E-state index in [9.17, 15) is 4.79 Å². The average Bonchev–Trinajstić information content (AvgIpc) is 2.79. The van der Waals surface area contributed by atoms with E-state index in [0.717, 1.165) is 5.56 Å². The number of aromatic amines is 1. The molecule has 0 radical (unpaired) electrons. The first-order valence-corrected chi connectivity index (χ1v) is 6.88. The predicted molar refractivity (Wildman–Crippen MR) is 83.2 cm³/mol. The number of aromatic nitrogens is 2. The van der Waals surface area contributed by atoms with Crippen molar-refractivity contribution < 1.29 is 9.53 Å². The number of nitrogens with zero attached hydrogens (tertiary/aromatic N) is 1. The van der Waals surface area contributed by atoms with Crippen molar-refractivity contribution in [3.8, 4) is 5.75 Å². The van der Waals surface area contributed by atoms with Gasteiger partial charge in [-0.2, -0.15) is 5.10 Å². The zero-order valence-corrected chi connectivity index (χ0v) is 12.8. The van der Waals surface area contributed by atoms with Gasteiger partial charge in [0, 0.05) is 5.56 Å². The summed E-state index contributed by atoms with van der Waals surface area (Å²) in [5.41, 5.74) is 1.35. The second kappa shape index (κ2) is 6.49. The Bertz CT molecular complexity index is 640. The molecule has 0 spiro atoms. The highest BCUT2D eigenvalue weighted by molar-refractivity contribution is 6.32. The lowest BCUT2D eigenvalue weighted by molar-refractivity contribution is 0.243. The van der Waals surface area contributed by atoms with Crippen molar-refractivity contribution in [3.05, 3.63) is 35.0 Å². The minimum atomic E-state index is -0.404. The first-order chi connectivity index (χ1) is 9.97. The standard InChI is InChI=1S/C14H17ClN4O2/c1-8(2)21-12-10(15)5-4-6-11(12)17-14(20)18-13-9(3)7-16-19-13/h4-8H,1-3H3,(H3,16,17,18,19,20). The van der Waals surface area contributed by atoms with E-state index in [1.165, 1.54) is 0 Å². The lowest BCUT2D eigenvalue weighted by Crippen LogP contribution is -2.21. The third-order valence-corrected chi connectivity index (χ3v) is 2.93. The lowest BCUT2D eigenvalue weighted by atomic mass is 10.3. The number of carbonyl (C=O) groups is 1. The number of carbonyl (C=O) groups excluding carboxylic acids is 1. The van der Waals surface area contributed by atoms with Crippen LogP contribution in [0.5, 0.6) is 5.75 Å². The van der Waals surface area contributed by atoms with Crippen molar-refractivity contribution in [2.45, 2.75) is 26.9 Å². The third kappa shape index (κ3) is 3.88. The summed E-state index contributed by atoms with van der Waals surface area (Å²) in [5.74, 6) is 0.992. The maximum Gasteiger partial charge on any atom is 0.324 e. The molecule has 0 saturated heterocycles. The largest absolute Gasteiger partial charge is 0.487 e. The van der Waals surface area contributed by atoms with Crippen LogP contribution >= 0.6 is 11.6 Å². The number of aryl methyl sites for hydroxylation is 1. The van der Waals surface area contributed by atoms with Crippen LogP contribution in [0.4, 0.5) is 16.3 Å². The van der Waals surface area contributed by atoms with Crippen LogP contribution in [0, 0.1) is 6.92 Å². The van der Waals surface area contributed by atoms with Gasteiger partial charge in [-0.25, -0.2) is 4.79 Å². The number of H-pyrrole nitrogens is 1. The molecule has 1 heterocycles. The molecule has 6 nitrogen and oxygen atoms in total. The smallest absolute Gasteiger partial charge is 0.324 e. The van der Waals surface area contributed by atoms with Gasteiger partial charge in [0.2, 0.25) is 0 Å². The van der Waals surface area contributed by atoms with E-state index in [2.05, 4.69) is 20.8 Å². The minimum Gasteiger partial charge on any atom is -0.487 e. The molecule has 1 aromatic heterocycles. The summed E-state index contributed by atoms with van der Waals surface area (Å²) in [6.45, 7) is 5.62. The summed E-state index contributed by atoms with van der Waals surface area (Å²) in [4.78, 5) is 12.0. The van der Waals surface area contributed by atoms with E-state index in [1.54, 1.807) is 24.4 Å². The Morgan fingerprint density at radius 3 is 2.76 bits per heavy atom. The zero-order chi connectivity index (χ0) is 15.4. The van der Waals surface area contributed by atoms with Gasteiger partial charge >= 0.3 is 6.03 Å². The molecule has 0 bridgehead atoms. The molecule has 7 heteroatoms. The van der Waals surface area contributed by atoms with Gasteiger partial charge in [-0.3, -0.25) is 10.4 Å². The van der Waals surface area contributed by atoms with E-state index in [-0.39, 0.29) is 6.10 Å². The van der Waals surface area contributed by atoms with Crippen LogP contribution in [0.2, 0.25) is 5.02 Å². The van der Waals surface area contributed by atoms with E-state index >= 15 is 0 Å². The highest BCUT2D eigenvalue weighted by Gasteiger charge is 2.13. The molecule has 0 unspecified atom stereocenters. The maximum absolute atomic E-state index is 12.0. The van der Waals surface area contributed by atoms with Crippen LogP contribution < -0.4 is 15.4 Å². The highest BCUT2D eigenvalue weighted by atomic mass is 35.5. The molecule has 21 heavy (non-hydrogen) atoms. The van der Waals surface area contributed by atoms with Crippen LogP contribution in [0.25, 0.3) is 0 Å². The maximum atomic E-state index is 12.0. The predicted octanol–water partition coefficient (Wildman–Crippen LogP) is 3.80. The molecule has 0 aliphatic rings. The molecule has 0 fully saturated rings. The van der Waals surface area contributed by atoms with Gasteiger partial charge in [0.05, 0.1) is 23.0 Å². The molecule has 0 aliphatic carbocycles. The number of benzene rings is 1. The number of nitrogens with one attached hydrogen (secondary N) is 3. The molecule has 0 aliphatic heterocycles. The molecule has 0 saturated carbocycles.